The lowest BCUT2D eigenvalue weighted by Gasteiger charge is -2.12. The van der Waals surface area contributed by atoms with Gasteiger partial charge in [0, 0.05) is 10.0 Å². The second kappa shape index (κ2) is 8.87. The Hall–Kier alpha value is -2.06. The quantitative estimate of drug-likeness (QED) is 0.496. The van der Waals surface area contributed by atoms with Gasteiger partial charge in [-0.25, -0.2) is 5.43 Å². The smallest absolute Gasteiger partial charge is 0.277 e. The summed E-state index contributed by atoms with van der Waals surface area (Å²) in [6.45, 7) is 1.54. The number of amides is 1. The van der Waals surface area contributed by atoms with Crippen LogP contribution in [0.1, 0.15) is 11.1 Å². The van der Waals surface area contributed by atoms with E-state index in [4.69, 9.17) is 9.47 Å². The maximum absolute atomic E-state index is 11.9. The van der Waals surface area contributed by atoms with Crippen molar-refractivity contribution in [1.82, 2.24) is 5.43 Å². The van der Waals surface area contributed by atoms with Crippen LogP contribution in [0.3, 0.4) is 0 Å². The zero-order valence-electron chi connectivity index (χ0n) is 13.5. The van der Waals surface area contributed by atoms with Crippen LogP contribution in [0.5, 0.6) is 17.2 Å². The first kappa shape index (κ1) is 19.3. The Morgan fingerprint density at radius 3 is 2.84 bits per heavy atom. The number of hydrazone groups is 1. The standard InChI is InChI=1S/C17H16Br2N2O4/c1-10-4-3-5-11(16(10)23)8-20-21-15(22)9-25-17-13(19)6-12(18)7-14(17)24-2/h3-8,23H,9H2,1-2H3,(H,21,22). The second-order valence-corrected chi connectivity index (χ2v) is 6.78. The minimum Gasteiger partial charge on any atom is -0.507 e. The van der Waals surface area contributed by atoms with E-state index < -0.39 is 5.91 Å². The first-order chi connectivity index (χ1) is 11.9. The van der Waals surface area contributed by atoms with Gasteiger partial charge in [-0.1, -0.05) is 28.1 Å². The summed E-state index contributed by atoms with van der Waals surface area (Å²) in [6, 6.07) is 8.78. The number of rotatable bonds is 6. The summed E-state index contributed by atoms with van der Waals surface area (Å²) in [7, 11) is 1.51. The summed E-state index contributed by atoms with van der Waals surface area (Å²) in [5.74, 6) is 0.587. The van der Waals surface area contributed by atoms with Gasteiger partial charge in [0.15, 0.2) is 18.1 Å². The van der Waals surface area contributed by atoms with Crippen molar-refractivity contribution in [2.75, 3.05) is 13.7 Å². The third-order valence-corrected chi connectivity index (χ3v) is 4.25. The third-order valence-electron chi connectivity index (χ3n) is 3.20. The van der Waals surface area contributed by atoms with Gasteiger partial charge < -0.3 is 14.6 Å². The van der Waals surface area contributed by atoms with Gasteiger partial charge in [-0.2, -0.15) is 5.10 Å². The highest BCUT2D eigenvalue weighted by atomic mass is 79.9. The molecule has 0 unspecified atom stereocenters. The van der Waals surface area contributed by atoms with Crippen molar-refractivity contribution in [2.45, 2.75) is 6.92 Å². The molecular weight excluding hydrogens is 456 g/mol. The lowest BCUT2D eigenvalue weighted by Crippen LogP contribution is -2.24. The highest BCUT2D eigenvalue weighted by Gasteiger charge is 2.12. The molecule has 0 heterocycles. The van der Waals surface area contributed by atoms with Gasteiger partial charge in [0.2, 0.25) is 0 Å². The fraction of sp³-hybridized carbons (Fsp3) is 0.176. The summed E-state index contributed by atoms with van der Waals surface area (Å²) in [6.07, 6.45) is 1.37. The Morgan fingerprint density at radius 2 is 2.12 bits per heavy atom. The molecule has 1 amide bonds. The van der Waals surface area contributed by atoms with Crippen LogP contribution in [-0.4, -0.2) is 30.9 Å². The first-order valence-corrected chi connectivity index (χ1v) is 8.77. The van der Waals surface area contributed by atoms with Gasteiger partial charge in [-0.3, -0.25) is 4.79 Å². The molecule has 0 aliphatic rings. The average molecular weight is 472 g/mol. The highest BCUT2D eigenvalue weighted by molar-refractivity contribution is 9.11. The normalized spacial score (nSPS) is 10.7. The lowest BCUT2D eigenvalue weighted by molar-refractivity contribution is -0.123. The Bertz CT molecular complexity index is 809. The molecule has 132 valence electrons. The summed E-state index contributed by atoms with van der Waals surface area (Å²) in [5, 5.41) is 13.7. The maximum atomic E-state index is 11.9. The molecule has 0 atom stereocenters. The average Bonchev–Trinajstić information content (AvgIpc) is 2.57. The van der Waals surface area contributed by atoms with E-state index >= 15 is 0 Å². The number of para-hydroxylation sites is 1. The highest BCUT2D eigenvalue weighted by Crippen LogP contribution is 2.38. The molecule has 0 spiro atoms. The lowest BCUT2D eigenvalue weighted by atomic mass is 10.1. The topological polar surface area (TPSA) is 80.2 Å². The van der Waals surface area contributed by atoms with Crippen molar-refractivity contribution in [3.63, 3.8) is 0 Å². The Kier molecular flexibility index (Phi) is 6.83. The van der Waals surface area contributed by atoms with E-state index in [1.165, 1.54) is 13.3 Å². The molecule has 0 fully saturated rings. The SMILES string of the molecule is COc1cc(Br)cc(Br)c1OCC(=O)NN=Cc1cccc(C)c1O. The van der Waals surface area contributed by atoms with Crippen molar-refractivity contribution < 1.29 is 19.4 Å². The molecule has 0 aliphatic heterocycles. The van der Waals surface area contributed by atoms with Crippen LogP contribution in [0.4, 0.5) is 0 Å². The van der Waals surface area contributed by atoms with E-state index in [-0.39, 0.29) is 12.4 Å². The number of benzene rings is 2. The molecule has 6 nitrogen and oxygen atoms in total. The molecule has 2 N–H and O–H groups in total. The number of aromatic hydroxyl groups is 1. The fourth-order valence-electron chi connectivity index (χ4n) is 1.96. The second-order valence-electron chi connectivity index (χ2n) is 5.01. The van der Waals surface area contributed by atoms with Crippen molar-refractivity contribution in [2.24, 2.45) is 5.10 Å². The molecule has 0 aliphatic carbocycles. The van der Waals surface area contributed by atoms with Gasteiger partial charge >= 0.3 is 0 Å². The first-order valence-electron chi connectivity index (χ1n) is 7.18. The largest absolute Gasteiger partial charge is 0.507 e. The van der Waals surface area contributed by atoms with Crippen molar-refractivity contribution >= 4 is 44.0 Å². The molecule has 0 saturated carbocycles. The van der Waals surface area contributed by atoms with Crippen molar-refractivity contribution in [3.05, 3.63) is 50.4 Å². The summed E-state index contributed by atoms with van der Waals surface area (Å²) in [4.78, 5) is 11.9. The Balaban J connectivity index is 1.95. The van der Waals surface area contributed by atoms with Crippen LogP contribution >= 0.6 is 31.9 Å². The summed E-state index contributed by atoms with van der Waals surface area (Å²) in [5.41, 5.74) is 3.59. The molecule has 0 aromatic heterocycles. The van der Waals surface area contributed by atoms with E-state index in [2.05, 4.69) is 42.4 Å². The number of carbonyl (C=O) groups excluding carboxylic acids is 1. The summed E-state index contributed by atoms with van der Waals surface area (Å²) < 4.78 is 12.2. The number of hydrogen-bond acceptors (Lipinski definition) is 5. The van der Waals surface area contributed by atoms with Crippen LogP contribution in [0, 0.1) is 6.92 Å². The summed E-state index contributed by atoms with van der Waals surface area (Å²) >= 11 is 6.71. The van der Waals surface area contributed by atoms with Gasteiger partial charge in [0.05, 0.1) is 17.8 Å². The van der Waals surface area contributed by atoms with Gasteiger partial charge in [0.25, 0.3) is 5.91 Å². The molecule has 25 heavy (non-hydrogen) atoms. The molecule has 2 rings (SSSR count). The number of nitrogens with one attached hydrogen (secondary N) is 1. The third kappa shape index (κ3) is 5.20. The number of phenolic OH excluding ortho intramolecular Hbond substituents is 1. The van der Waals surface area contributed by atoms with Gasteiger partial charge in [-0.15, -0.1) is 0 Å². The molecule has 0 bridgehead atoms. The number of nitrogens with zero attached hydrogens (tertiary/aromatic N) is 1. The minimum absolute atomic E-state index is 0.125. The van der Waals surface area contributed by atoms with E-state index in [0.29, 0.717) is 21.5 Å². The predicted octanol–water partition coefficient (Wildman–Crippen LogP) is 3.76. The molecule has 0 radical (unpaired) electrons. The van der Waals surface area contributed by atoms with E-state index in [9.17, 15) is 9.90 Å². The zero-order valence-corrected chi connectivity index (χ0v) is 16.7. The Morgan fingerprint density at radius 1 is 1.36 bits per heavy atom. The number of halogens is 2. The van der Waals surface area contributed by atoms with Crippen molar-refractivity contribution in [1.29, 1.82) is 0 Å². The number of ether oxygens (including phenoxy) is 2. The fourth-order valence-corrected chi connectivity index (χ4v) is 3.26. The number of phenols is 1. The van der Waals surface area contributed by atoms with Crippen LogP contribution < -0.4 is 14.9 Å². The number of methoxy groups -OCH3 is 1. The monoisotopic (exact) mass is 470 g/mol. The molecule has 2 aromatic carbocycles. The van der Waals surface area contributed by atoms with E-state index in [1.54, 1.807) is 37.3 Å². The van der Waals surface area contributed by atoms with Gasteiger partial charge in [-0.05, 0) is 46.6 Å². The maximum Gasteiger partial charge on any atom is 0.277 e. The number of hydrogen-bond donors (Lipinski definition) is 2. The Labute approximate surface area is 162 Å². The minimum atomic E-state index is -0.444. The molecular formula is C17H16Br2N2O4. The van der Waals surface area contributed by atoms with Crippen molar-refractivity contribution in [3.8, 4) is 17.2 Å². The number of aryl methyl sites for hydroxylation is 1. The van der Waals surface area contributed by atoms with Crippen LogP contribution in [0.15, 0.2) is 44.4 Å². The van der Waals surface area contributed by atoms with Crippen LogP contribution in [-0.2, 0) is 4.79 Å². The van der Waals surface area contributed by atoms with E-state index in [0.717, 1.165) is 10.0 Å². The van der Waals surface area contributed by atoms with Gasteiger partial charge in [0.1, 0.15) is 5.75 Å². The number of carbonyl (C=O) groups is 1. The molecule has 8 heteroatoms. The predicted molar refractivity (Wildman–Crippen MR) is 102 cm³/mol. The molecule has 0 saturated heterocycles. The molecule has 2 aromatic rings. The van der Waals surface area contributed by atoms with Crippen LogP contribution in [0.2, 0.25) is 0 Å². The van der Waals surface area contributed by atoms with E-state index in [1.807, 2.05) is 0 Å². The zero-order chi connectivity index (χ0) is 18.4. The van der Waals surface area contributed by atoms with Crippen LogP contribution in [0.25, 0.3) is 0 Å².